The highest BCUT2D eigenvalue weighted by atomic mass is 16.4. The number of hydrogen-bond acceptors (Lipinski definition) is 5. The number of nitrogens with two attached hydrogens (primary N) is 1. The van der Waals surface area contributed by atoms with E-state index in [1.165, 1.54) is 0 Å². The first-order valence-electron chi connectivity index (χ1n) is 4.95. The monoisotopic (exact) mass is 224 g/mol. The number of amidine groups is 1. The summed E-state index contributed by atoms with van der Waals surface area (Å²) in [5.74, 6) is -0.0163. The lowest BCUT2D eigenvalue weighted by Gasteiger charge is -2.07. The lowest BCUT2D eigenvalue weighted by Crippen LogP contribution is -2.24. The number of aromatic nitrogens is 1. The number of hydrogen-bond donors (Lipinski definition) is 4. The smallest absolute Gasteiger partial charge is 0.188 e. The van der Waals surface area contributed by atoms with Crippen LogP contribution in [0.15, 0.2) is 23.5 Å². The lowest BCUT2D eigenvalue weighted by molar-refractivity contribution is 0.191. The average Bonchev–Trinajstić information content (AvgIpc) is 2.28. The molecule has 0 aliphatic rings. The van der Waals surface area contributed by atoms with E-state index in [9.17, 15) is 0 Å². The SMILES string of the molecule is CC(O)CNCc1ccnc(C(N)=NO)c1. The van der Waals surface area contributed by atoms with Gasteiger partial charge in [-0.3, -0.25) is 4.98 Å². The summed E-state index contributed by atoms with van der Waals surface area (Å²) in [6.07, 6.45) is 1.21. The molecule has 1 atom stereocenters. The van der Waals surface area contributed by atoms with Gasteiger partial charge < -0.3 is 21.4 Å². The number of aliphatic hydroxyl groups excluding tert-OH is 1. The van der Waals surface area contributed by atoms with Crippen LogP contribution in [0.25, 0.3) is 0 Å². The molecule has 1 rings (SSSR count). The molecule has 0 amide bonds. The van der Waals surface area contributed by atoms with Gasteiger partial charge in [0.05, 0.1) is 6.10 Å². The van der Waals surface area contributed by atoms with Crippen molar-refractivity contribution in [2.75, 3.05) is 6.54 Å². The Bertz CT molecular complexity index is 366. The Hall–Kier alpha value is -1.66. The van der Waals surface area contributed by atoms with Gasteiger partial charge in [0.15, 0.2) is 5.84 Å². The molecule has 0 saturated carbocycles. The van der Waals surface area contributed by atoms with Crippen LogP contribution in [0.2, 0.25) is 0 Å². The fourth-order valence-corrected chi connectivity index (χ4v) is 1.20. The van der Waals surface area contributed by atoms with Crippen molar-refractivity contribution >= 4 is 5.84 Å². The van der Waals surface area contributed by atoms with Crippen molar-refractivity contribution in [3.63, 3.8) is 0 Å². The number of pyridine rings is 1. The van der Waals surface area contributed by atoms with Crippen molar-refractivity contribution in [3.05, 3.63) is 29.6 Å². The molecule has 5 N–H and O–H groups in total. The second kappa shape index (κ2) is 6.04. The van der Waals surface area contributed by atoms with Crippen LogP contribution in [0.5, 0.6) is 0 Å². The predicted octanol–water partition coefficient (Wildman–Crippen LogP) is -0.353. The van der Waals surface area contributed by atoms with E-state index in [0.29, 0.717) is 18.8 Å². The molecule has 88 valence electrons. The fourth-order valence-electron chi connectivity index (χ4n) is 1.20. The number of aliphatic hydroxyl groups is 1. The van der Waals surface area contributed by atoms with E-state index in [2.05, 4.69) is 15.5 Å². The molecule has 1 aromatic rings. The Morgan fingerprint density at radius 1 is 1.69 bits per heavy atom. The summed E-state index contributed by atoms with van der Waals surface area (Å²) < 4.78 is 0. The Kier molecular flexibility index (Phi) is 4.68. The molecule has 1 aromatic heterocycles. The summed E-state index contributed by atoms with van der Waals surface area (Å²) in [5.41, 5.74) is 6.80. The molecule has 6 nitrogen and oxygen atoms in total. The van der Waals surface area contributed by atoms with Gasteiger partial charge in [0.2, 0.25) is 0 Å². The van der Waals surface area contributed by atoms with Crippen molar-refractivity contribution in [1.82, 2.24) is 10.3 Å². The van der Waals surface area contributed by atoms with Crippen LogP contribution < -0.4 is 11.1 Å². The molecule has 1 unspecified atom stereocenters. The Morgan fingerprint density at radius 2 is 2.44 bits per heavy atom. The van der Waals surface area contributed by atoms with E-state index < -0.39 is 0 Å². The Morgan fingerprint density at radius 3 is 3.06 bits per heavy atom. The number of rotatable bonds is 5. The molecule has 0 radical (unpaired) electrons. The third kappa shape index (κ3) is 3.84. The number of oxime groups is 1. The topological polar surface area (TPSA) is 104 Å². The minimum absolute atomic E-state index is 0.0163. The summed E-state index contributed by atoms with van der Waals surface area (Å²) >= 11 is 0. The molecule has 0 spiro atoms. The Labute approximate surface area is 93.8 Å². The quantitative estimate of drug-likeness (QED) is 0.237. The summed E-state index contributed by atoms with van der Waals surface area (Å²) in [5, 5.41) is 23.5. The summed E-state index contributed by atoms with van der Waals surface area (Å²) in [7, 11) is 0. The van der Waals surface area contributed by atoms with Gasteiger partial charge in [-0.15, -0.1) is 0 Å². The van der Waals surface area contributed by atoms with E-state index in [4.69, 9.17) is 16.0 Å². The van der Waals surface area contributed by atoms with Gasteiger partial charge in [0, 0.05) is 19.3 Å². The molecule has 0 aromatic carbocycles. The van der Waals surface area contributed by atoms with E-state index in [1.807, 2.05) is 6.07 Å². The molecule has 16 heavy (non-hydrogen) atoms. The second-order valence-corrected chi connectivity index (χ2v) is 3.51. The zero-order chi connectivity index (χ0) is 12.0. The van der Waals surface area contributed by atoms with Crippen LogP contribution in [0.3, 0.4) is 0 Å². The molecule has 0 aliphatic heterocycles. The molecule has 0 bridgehead atoms. The van der Waals surface area contributed by atoms with E-state index in [0.717, 1.165) is 5.56 Å². The normalized spacial score (nSPS) is 13.8. The molecular formula is C10H16N4O2. The highest BCUT2D eigenvalue weighted by molar-refractivity contribution is 5.95. The predicted molar refractivity (Wildman–Crippen MR) is 60.1 cm³/mol. The first kappa shape index (κ1) is 12.4. The maximum Gasteiger partial charge on any atom is 0.188 e. The van der Waals surface area contributed by atoms with Crippen molar-refractivity contribution < 1.29 is 10.3 Å². The highest BCUT2D eigenvalue weighted by Gasteiger charge is 2.02. The van der Waals surface area contributed by atoms with Crippen LogP contribution in [0.1, 0.15) is 18.2 Å². The van der Waals surface area contributed by atoms with Gasteiger partial charge in [-0.05, 0) is 24.6 Å². The number of nitrogens with zero attached hydrogens (tertiary/aromatic N) is 2. The van der Waals surface area contributed by atoms with Crippen LogP contribution in [0, 0.1) is 0 Å². The summed E-state index contributed by atoms with van der Waals surface area (Å²) in [4.78, 5) is 3.96. The van der Waals surface area contributed by atoms with E-state index in [1.54, 1.807) is 19.2 Å². The molecule has 0 aliphatic carbocycles. The van der Waals surface area contributed by atoms with Crippen LogP contribution >= 0.6 is 0 Å². The van der Waals surface area contributed by atoms with E-state index >= 15 is 0 Å². The van der Waals surface area contributed by atoms with Gasteiger partial charge in [-0.25, -0.2) is 0 Å². The van der Waals surface area contributed by atoms with Gasteiger partial charge in [-0.1, -0.05) is 5.16 Å². The molecular weight excluding hydrogens is 208 g/mol. The fraction of sp³-hybridized carbons (Fsp3) is 0.400. The van der Waals surface area contributed by atoms with Gasteiger partial charge >= 0.3 is 0 Å². The molecule has 0 fully saturated rings. The van der Waals surface area contributed by atoms with Crippen LogP contribution in [-0.2, 0) is 6.54 Å². The summed E-state index contributed by atoms with van der Waals surface area (Å²) in [6.45, 7) is 2.82. The third-order valence-corrected chi connectivity index (χ3v) is 1.96. The van der Waals surface area contributed by atoms with Gasteiger partial charge in [0.25, 0.3) is 0 Å². The van der Waals surface area contributed by atoms with Gasteiger partial charge in [0.1, 0.15) is 5.69 Å². The second-order valence-electron chi connectivity index (χ2n) is 3.51. The first-order valence-corrected chi connectivity index (χ1v) is 4.95. The van der Waals surface area contributed by atoms with Crippen molar-refractivity contribution in [2.24, 2.45) is 10.9 Å². The zero-order valence-electron chi connectivity index (χ0n) is 9.09. The maximum absolute atomic E-state index is 9.06. The minimum atomic E-state index is -0.384. The number of nitrogens with one attached hydrogen (secondary N) is 1. The highest BCUT2D eigenvalue weighted by Crippen LogP contribution is 2.01. The molecule has 1 heterocycles. The minimum Gasteiger partial charge on any atom is -0.409 e. The third-order valence-electron chi connectivity index (χ3n) is 1.96. The first-order chi connectivity index (χ1) is 7.63. The standard InChI is InChI=1S/C10H16N4O2/c1-7(15)5-12-6-8-2-3-13-9(4-8)10(11)14-16/h2-4,7,12,15-16H,5-6H2,1H3,(H2,11,14). The largest absolute Gasteiger partial charge is 0.409 e. The lowest BCUT2D eigenvalue weighted by atomic mass is 10.2. The average molecular weight is 224 g/mol. The Balaban J connectivity index is 2.61. The van der Waals surface area contributed by atoms with E-state index in [-0.39, 0.29) is 11.9 Å². The molecule has 0 saturated heterocycles. The summed E-state index contributed by atoms with van der Waals surface area (Å²) in [6, 6.07) is 3.55. The van der Waals surface area contributed by atoms with Gasteiger partial charge in [-0.2, -0.15) is 0 Å². The maximum atomic E-state index is 9.06. The van der Waals surface area contributed by atoms with Crippen LogP contribution in [0.4, 0.5) is 0 Å². The van der Waals surface area contributed by atoms with Crippen molar-refractivity contribution in [1.29, 1.82) is 0 Å². The molecule has 6 heteroatoms. The van der Waals surface area contributed by atoms with Crippen molar-refractivity contribution in [3.8, 4) is 0 Å². The zero-order valence-corrected chi connectivity index (χ0v) is 9.09. The van der Waals surface area contributed by atoms with Crippen molar-refractivity contribution in [2.45, 2.75) is 19.6 Å². The van der Waals surface area contributed by atoms with Crippen LogP contribution in [-0.4, -0.2) is 33.8 Å².